The lowest BCUT2D eigenvalue weighted by molar-refractivity contribution is -0.137. The summed E-state index contributed by atoms with van der Waals surface area (Å²) in [6.07, 6.45) is -0.701. The lowest BCUT2D eigenvalue weighted by atomic mass is 10.3. The highest BCUT2D eigenvalue weighted by molar-refractivity contribution is 5.25. The van der Waals surface area contributed by atoms with Crippen LogP contribution in [0.5, 0.6) is 0 Å². The molecule has 0 spiro atoms. The summed E-state index contributed by atoms with van der Waals surface area (Å²) in [7, 11) is 0. The highest BCUT2D eigenvalue weighted by atomic mass is 19.4. The first-order chi connectivity index (χ1) is 7.07. The Morgan fingerprint density at radius 2 is 2.07 bits per heavy atom. The van der Waals surface area contributed by atoms with Crippen LogP contribution in [0.4, 0.5) is 13.2 Å². The van der Waals surface area contributed by atoms with E-state index in [1.54, 1.807) is 0 Å². The van der Waals surface area contributed by atoms with Gasteiger partial charge in [-0.1, -0.05) is 0 Å². The Hall–Kier alpha value is -1.85. The largest absolute Gasteiger partial charge is 0.417 e. The van der Waals surface area contributed by atoms with Gasteiger partial charge < -0.3 is 0 Å². The van der Waals surface area contributed by atoms with Gasteiger partial charge in [-0.15, -0.1) is 0 Å². The van der Waals surface area contributed by atoms with E-state index in [9.17, 15) is 13.2 Å². The second-order valence-electron chi connectivity index (χ2n) is 2.79. The van der Waals surface area contributed by atoms with Crippen molar-refractivity contribution in [1.29, 1.82) is 0 Å². The molecule has 0 saturated carbocycles. The van der Waals surface area contributed by atoms with E-state index in [1.165, 1.54) is 23.1 Å². The maximum absolute atomic E-state index is 12.2. The summed E-state index contributed by atoms with van der Waals surface area (Å²) in [6.45, 7) is 0. The minimum atomic E-state index is -4.36. The Morgan fingerprint density at radius 1 is 1.27 bits per heavy atom. The molecule has 3 nitrogen and oxygen atoms in total. The second-order valence-corrected chi connectivity index (χ2v) is 2.79. The van der Waals surface area contributed by atoms with Crippen LogP contribution in [0.3, 0.4) is 0 Å². The molecule has 0 N–H and O–H groups in total. The highest BCUT2D eigenvalue weighted by Crippen LogP contribution is 2.28. The van der Waals surface area contributed by atoms with Gasteiger partial charge in [-0.05, 0) is 12.1 Å². The zero-order chi connectivity index (χ0) is 10.9. The molecule has 0 atom stereocenters. The first-order valence-corrected chi connectivity index (χ1v) is 4.02. The molecule has 1 radical (unpaired) electrons. The third-order valence-electron chi connectivity index (χ3n) is 1.76. The molecular weight excluding hydrogens is 207 g/mol. The van der Waals surface area contributed by atoms with Crippen LogP contribution in [0.1, 0.15) is 5.56 Å². The third kappa shape index (κ3) is 1.98. The fraction of sp³-hybridized carbons (Fsp3) is 0.111. The van der Waals surface area contributed by atoms with Gasteiger partial charge >= 0.3 is 6.18 Å². The smallest absolute Gasteiger partial charge is 0.237 e. The summed E-state index contributed by atoms with van der Waals surface area (Å²) in [4.78, 5) is 3.65. The molecule has 0 aliphatic carbocycles. The van der Waals surface area contributed by atoms with Gasteiger partial charge in [-0.3, -0.25) is 0 Å². The first kappa shape index (κ1) is 9.70. The number of nitrogens with zero attached hydrogens (tertiary/aromatic N) is 3. The van der Waals surface area contributed by atoms with E-state index in [2.05, 4.69) is 16.1 Å². The molecule has 0 bridgehead atoms. The number of alkyl halides is 3. The lowest BCUT2D eigenvalue weighted by Crippen LogP contribution is -2.06. The van der Waals surface area contributed by atoms with Gasteiger partial charge in [0.05, 0.1) is 11.8 Å². The van der Waals surface area contributed by atoms with Crippen molar-refractivity contribution in [3.05, 3.63) is 42.4 Å². The Bertz CT molecular complexity index is 431. The van der Waals surface area contributed by atoms with E-state index in [1.807, 2.05) is 0 Å². The Morgan fingerprint density at radius 3 is 2.53 bits per heavy atom. The minimum Gasteiger partial charge on any atom is -0.237 e. The first-order valence-electron chi connectivity index (χ1n) is 4.02. The molecule has 0 unspecified atom stereocenters. The maximum Gasteiger partial charge on any atom is 0.417 e. The predicted octanol–water partition coefficient (Wildman–Crippen LogP) is 2.09. The fourth-order valence-electron chi connectivity index (χ4n) is 1.05. The number of rotatable bonds is 1. The zero-order valence-electron chi connectivity index (χ0n) is 7.36. The molecule has 0 aliphatic rings. The molecule has 6 heteroatoms. The van der Waals surface area contributed by atoms with Crippen molar-refractivity contribution in [2.24, 2.45) is 0 Å². The zero-order valence-corrected chi connectivity index (χ0v) is 7.36. The molecule has 0 amide bonds. The molecule has 77 valence electrons. The van der Waals surface area contributed by atoms with Gasteiger partial charge in [0.2, 0.25) is 0 Å². The van der Waals surface area contributed by atoms with Crippen molar-refractivity contribution < 1.29 is 13.2 Å². The standard InChI is InChI=1S/C9H5F3N3/c10-9(11,12)7-2-3-8(13-6-7)15-5-1-4-14-15/h2-6H. The van der Waals surface area contributed by atoms with E-state index < -0.39 is 11.7 Å². The monoisotopic (exact) mass is 212 g/mol. The summed E-state index contributed by atoms with van der Waals surface area (Å²) in [6, 6.07) is 4.88. The second kappa shape index (κ2) is 3.38. The molecular formula is C9H5F3N3. The van der Waals surface area contributed by atoms with Crippen molar-refractivity contribution in [2.75, 3.05) is 0 Å². The molecule has 15 heavy (non-hydrogen) atoms. The molecule has 2 aromatic rings. The number of aromatic nitrogens is 3. The van der Waals surface area contributed by atoms with Gasteiger partial charge in [-0.2, -0.15) is 18.3 Å². The number of halogens is 3. The van der Waals surface area contributed by atoms with Gasteiger partial charge in [0.15, 0.2) is 5.82 Å². The summed E-state index contributed by atoms with van der Waals surface area (Å²) in [5, 5.41) is 3.80. The molecule has 0 aromatic carbocycles. The number of pyridine rings is 1. The normalized spacial score (nSPS) is 11.7. The molecule has 2 heterocycles. The number of hydrogen-bond donors (Lipinski definition) is 0. The Labute approximate surface area is 83.2 Å². The molecule has 2 rings (SSSR count). The SMILES string of the molecule is FC(F)(F)c1ccc(-n2c[c]cn2)nc1. The van der Waals surface area contributed by atoms with E-state index in [0.29, 0.717) is 5.82 Å². The van der Waals surface area contributed by atoms with Crippen molar-refractivity contribution in [2.45, 2.75) is 6.18 Å². The van der Waals surface area contributed by atoms with Gasteiger partial charge in [0, 0.05) is 18.5 Å². The molecule has 0 saturated heterocycles. The Kier molecular flexibility index (Phi) is 2.18. The van der Waals surface area contributed by atoms with Crippen LogP contribution in [0, 0.1) is 6.07 Å². The molecule has 2 aromatic heterocycles. The van der Waals surface area contributed by atoms with Crippen molar-refractivity contribution in [3.63, 3.8) is 0 Å². The van der Waals surface area contributed by atoms with E-state index in [4.69, 9.17) is 0 Å². The van der Waals surface area contributed by atoms with Gasteiger partial charge in [0.1, 0.15) is 0 Å². The third-order valence-corrected chi connectivity index (χ3v) is 1.76. The van der Waals surface area contributed by atoms with E-state index in [0.717, 1.165) is 12.3 Å². The maximum atomic E-state index is 12.2. The van der Waals surface area contributed by atoms with Crippen LogP contribution >= 0.6 is 0 Å². The average molecular weight is 212 g/mol. The highest BCUT2D eigenvalue weighted by Gasteiger charge is 2.30. The predicted molar refractivity (Wildman–Crippen MR) is 45.2 cm³/mol. The van der Waals surface area contributed by atoms with Crippen molar-refractivity contribution in [3.8, 4) is 5.82 Å². The average Bonchev–Trinajstić information content (AvgIpc) is 2.69. The van der Waals surface area contributed by atoms with Crippen LogP contribution in [0.2, 0.25) is 0 Å². The lowest BCUT2D eigenvalue weighted by Gasteiger charge is -2.06. The minimum absolute atomic E-state index is 0.323. The van der Waals surface area contributed by atoms with Crippen LogP contribution in [0.15, 0.2) is 30.7 Å². The van der Waals surface area contributed by atoms with Crippen LogP contribution in [-0.2, 0) is 6.18 Å². The number of hydrogen-bond acceptors (Lipinski definition) is 2. The summed E-state index contributed by atoms with van der Waals surface area (Å²) < 4.78 is 37.9. The van der Waals surface area contributed by atoms with Crippen molar-refractivity contribution in [1.82, 2.24) is 14.8 Å². The van der Waals surface area contributed by atoms with Crippen LogP contribution < -0.4 is 0 Å². The van der Waals surface area contributed by atoms with Crippen molar-refractivity contribution >= 4 is 0 Å². The summed E-state index contributed by atoms with van der Waals surface area (Å²) in [5.74, 6) is 0.323. The summed E-state index contributed by atoms with van der Waals surface area (Å²) in [5.41, 5.74) is -0.776. The van der Waals surface area contributed by atoms with Gasteiger partial charge in [0.25, 0.3) is 0 Å². The Balaban J connectivity index is 2.33. The van der Waals surface area contributed by atoms with Gasteiger partial charge in [-0.25, -0.2) is 9.67 Å². The molecule has 0 fully saturated rings. The van der Waals surface area contributed by atoms with Crippen LogP contribution in [0.25, 0.3) is 5.82 Å². The van der Waals surface area contributed by atoms with E-state index >= 15 is 0 Å². The van der Waals surface area contributed by atoms with E-state index in [-0.39, 0.29) is 0 Å². The summed E-state index contributed by atoms with van der Waals surface area (Å²) >= 11 is 0. The quantitative estimate of drug-likeness (QED) is 0.724. The van der Waals surface area contributed by atoms with Crippen LogP contribution in [-0.4, -0.2) is 14.8 Å². The fourth-order valence-corrected chi connectivity index (χ4v) is 1.05. The topological polar surface area (TPSA) is 30.7 Å². The molecule has 0 aliphatic heterocycles.